The van der Waals surface area contributed by atoms with Crippen molar-refractivity contribution in [3.05, 3.63) is 53.7 Å². The Balaban J connectivity index is 2.06. The van der Waals surface area contributed by atoms with Crippen LogP contribution in [0.5, 0.6) is 11.6 Å². The van der Waals surface area contributed by atoms with E-state index in [0.29, 0.717) is 18.1 Å². The van der Waals surface area contributed by atoms with Gasteiger partial charge in [-0.25, -0.2) is 4.98 Å². The molecule has 0 saturated carbocycles. The molecule has 1 aromatic carbocycles. The Morgan fingerprint density at radius 2 is 2.00 bits per heavy atom. The van der Waals surface area contributed by atoms with E-state index >= 15 is 0 Å². The second kappa shape index (κ2) is 5.98. The van der Waals surface area contributed by atoms with Crippen molar-refractivity contribution < 1.29 is 4.74 Å². The zero-order valence-electron chi connectivity index (χ0n) is 10.7. The number of ether oxygens (including phenoxy) is 1. The molecule has 0 radical (unpaired) electrons. The molecule has 0 spiro atoms. The number of benzene rings is 1. The van der Waals surface area contributed by atoms with E-state index in [1.54, 1.807) is 12.3 Å². The molecule has 0 aliphatic carbocycles. The van der Waals surface area contributed by atoms with Crippen molar-refractivity contribution in [3.8, 4) is 17.7 Å². The fraction of sp³-hybridized carbons (Fsp3) is 0.200. The highest BCUT2D eigenvalue weighted by Gasteiger charge is 2.02. The second-order valence-corrected chi connectivity index (χ2v) is 4.30. The van der Waals surface area contributed by atoms with Crippen LogP contribution in [0.15, 0.2) is 42.6 Å². The van der Waals surface area contributed by atoms with E-state index in [0.717, 1.165) is 11.1 Å². The molecule has 19 heavy (non-hydrogen) atoms. The molecular weight excluding hydrogens is 238 g/mol. The molecule has 2 aromatic rings. The maximum Gasteiger partial charge on any atom is 0.219 e. The fourth-order valence-electron chi connectivity index (χ4n) is 1.61. The zero-order chi connectivity index (χ0) is 13.7. The third kappa shape index (κ3) is 3.54. The molecule has 4 heteroatoms. The third-order valence-corrected chi connectivity index (χ3v) is 2.71. The van der Waals surface area contributed by atoms with Crippen molar-refractivity contribution in [2.75, 3.05) is 0 Å². The molecule has 2 N–H and O–H groups in total. The quantitative estimate of drug-likeness (QED) is 0.909. The van der Waals surface area contributed by atoms with Crippen LogP contribution >= 0.6 is 0 Å². The number of nitrogens with zero attached hydrogens (tertiary/aromatic N) is 2. The number of pyridine rings is 1. The van der Waals surface area contributed by atoms with Gasteiger partial charge in [0.05, 0.1) is 12.5 Å². The molecule has 0 saturated heterocycles. The van der Waals surface area contributed by atoms with Crippen LogP contribution in [0.1, 0.15) is 24.1 Å². The van der Waals surface area contributed by atoms with Crippen LogP contribution in [-0.2, 0) is 6.42 Å². The number of nitriles is 1. The smallest absolute Gasteiger partial charge is 0.219 e. The summed E-state index contributed by atoms with van der Waals surface area (Å²) in [7, 11) is 0. The summed E-state index contributed by atoms with van der Waals surface area (Å²) in [5, 5.41) is 8.59. The minimum atomic E-state index is -0.0354. The molecule has 0 amide bonds. The van der Waals surface area contributed by atoms with Crippen molar-refractivity contribution in [3.63, 3.8) is 0 Å². The molecule has 1 heterocycles. The second-order valence-electron chi connectivity index (χ2n) is 4.30. The summed E-state index contributed by atoms with van der Waals surface area (Å²) >= 11 is 0. The molecule has 1 atom stereocenters. The molecule has 96 valence electrons. The van der Waals surface area contributed by atoms with Crippen LogP contribution in [0, 0.1) is 11.3 Å². The average Bonchev–Trinajstić information content (AvgIpc) is 2.42. The van der Waals surface area contributed by atoms with E-state index in [1.807, 2.05) is 37.3 Å². The summed E-state index contributed by atoms with van der Waals surface area (Å²) in [6.45, 7) is 1.91. The first kappa shape index (κ1) is 13.1. The number of aromatic nitrogens is 1. The van der Waals surface area contributed by atoms with E-state index < -0.39 is 0 Å². The standard InChI is InChI=1S/C15H15N3O/c1-11(17)13-4-7-15(18-10-13)19-14-5-2-12(3-6-14)8-9-16/h2-7,10-11H,8,17H2,1H3/t11-/m0/s1. The first-order valence-corrected chi connectivity index (χ1v) is 6.04. The lowest BCUT2D eigenvalue weighted by molar-refractivity contribution is 0.462. The van der Waals surface area contributed by atoms with Gasteiger partial charge in [0.1, 0.15) is 5.75 Å². The lowest BCUT2D eigenvalue weighted by Crippen LogP contribution is -2.05. The Bertz CT molecular complexity index is 568. The highest BCUT2D eigenvalue weighted by Crippen LogP contribution is 2.21. The van der Waals surface area contributed by atoms with Crippen molar-refractivity contribution in [2.24, 2.45) is 5.73 Å². The summed E-state index contributed by atoms with van der Waals surface area (Å²) in [6, 6.07) is 13.2. The number of hydrogen-bond donors (Lipinski definition) is 1. The van der Waals surface area contributed by atoms with E-state index in [4.69, 9.17) is 15.7 Å². The van der Waals surface area contributed by atoms with Gasteiger partial charge in [-0.05, 0) is 30.2 Å². The highest BCUT2D eigenvalue weighted by molar-refractivity contribution is 5.32. The molecule has 4 nitrogen and oxygen atoms in total. The van der Waals surface area contributed by atoms with Gasteiger partial charge in [0.15, 0.2) is 0 Å². The lowest BCUT2D eigenvalue weighted by atomic mass is 10.1. The van der Waals surface area contributed by atoms with Crippen molar-refractivity contribution in [1.29, 1.82) is 5.26 Å². The van der Waals surface area contributed by atoms with E-state index in [-0.39, 0.29) is 6.04 Å². The topological polar surface area (TPSA) is 71.9 Å². The summed E-state index contributed by atoms with van der Waals surface area (Å²) in [5.41, 5.74) is 7.69. The Morgan fingerprint density at radius 3 is 2.53 bits per heavy atom. The fourth-order valence-corrected chi connectivity index (χ4v) is 1.61. The van der Waals surface area contributed by atoms with Gasteiger partial charge in [0.25, 0.3) is 0 Å². The zero-order valence-corrected chi connectivity index (χ0v) is 10.7. The van der Waals surface area contributed by atoms with Crippen molar-refractivity contribution in [1.82, 2.24) is 4.98 Å². The largest absolute Gasteiger partial charge is 0.439 e. The Morgan fingerprint density at radius 1 is 1.26 bits per heavy atom. The first-order valence-electron chi connectivity index (χ1n) is 6.04. The predicted molar refractivity (Wildman–Crippen MR) is 72.7 cm³/mol. The predicted octanol–water partition coefficient (Wildman–Crippen LogP) is 2.96. The molecule has 0 aliphatic heterocycles. The first-order chi connectivity index (χ1) is 9.19. The van der Waals surface area contributed by atoms with Crippen LogP contribution in [-0.4, -0.2) is 4.98 Å². The van der Waals surface area contributed by atoms with Gasteiger partial charge in [0, 0.05) is 18.3 Å². The van der Waals surface area contributed by atoms with Crippen LogP contribution in [0.2, 0.25) is 0 Å². The minimum absolute atomic E-state index is 0.0354. The normalized spacial score (nSPS) is 11.6. The summed E-state index contributed by atoms with van der Waals surface area (Å²) in [5.74, 6) is 1.22. The molecule has 1 aromatic heterocycles. The van der Waals surface area contributed by atoms with Crippen molar-refractivity contribution in [2.45, 2.75) is 19.4 Å². The summed E-state index contributed by atoms with van der Waals surface area (Å²) in [4.78, 5) is 4.20. The molecule has 0 fully saturated rings. The Hall–Kier alpha value is -2.38. The van der Waals surface area contributed by atoms with Gasteiger partial charge in [-0.1, -0.05) is 18.2 Å². The number of nitrogens with two attached hydrogens (primary N) is 1. The monoisotopic (exact) mass is 253 g/mol. The van der Waals surface area contributed by atoms with Crippen LogP contribution in [0.25, 0.3) is 0 Å². The van der Waals surface area contributed by atoms with E-state index in [1.165, 1.54) is 0 Å². The van der Waals surface area contributed by atoms with Crippen molar-refractivity contribution >= 4 is 0 Å². The SMILES string of the molecule is C[C@H](N)c1ccc(Oc2ccc(CC#N)cc2)nc1. The van der Waals surface area contributed by atoms with Crippen LogP contribution < -0.4 is 10.5 Å². The van der Waals surface area contributed by atoms with Gasteiger partial charge >= 0.3 is 0 Å². The summed E-state index contributed by atoms with van der Waals surface area (Å²) in [6.07, 6.45) is 2.12. The van der Waals surface area contributed by atoms with E-state index in [9.17, 15) is 0 Å². The highest BCUT2D eigenvalue weighted by atomic mass is 16.5. The third-order valence-electron chi connectivity index (χ3n) is 2.71. The van der Waals surface area contributed by atoms with E-state index in [2.05, 4.69) is 11.1 Å². The Kier molecular flexibility index (Phi) is 4.11. The van der Waals surface area contributed by atoms with Crippen LogP contribution in [0.4, 0.5) is 0 Å². The summed E-state index contributed by atoms with van der Waals surface area (Å²) < 4.78 is 5.61. The molecule has 0 bridgehead atoms. The van der Waals surface area contributed by atoms with Gasteiger partial charge in [0.2, 0.25) is 5.88 Å². The molecule has 0 unspecified atom stereocenters. The van der Waals surface area contributed by atoms with Gasteiger partial charge < -0.3 is 10.5 Å². The molecular formula is C15H15N3O. The maximum atomic E-state index is 8.59. The Labute approximate surface area is 112 Å². The van der Waals surface area contributed by atoms with Crippen LogP contribution in [0.3, 0.4) is 0 Å². The van der Waals surface area contributed by atoms with Gasteiger partial charge in [-0.15, -0.1) is 0 Å². The number of rotatable bonds is 4. The molecule has 2 rings (SSSR count). The lowest BCUT2D eigenvalue weighted by Gasteiger charge is -2.07. The number of hydrogen-bond acceptors (Lipinski definition) is 4. The maximum absolute atomic E-state index is 8.59. The minimum Gasteiger partial charge on any atom is -0.439 e. The average molecular weight is 253 g/mol. The molecule has 0 aliphatic rings. The van der Waals surface area contributed by atoms with Gasteiger partial charge in [-0.3, -0.25) is 0 Å². The van der Waals surface area contributed by atoms with Gasteiger partial charge in [-0.2, -0.15) is 5.26 Å².